The summed E-state index contributed by atoms with van der Waals surface area (Å²) in [5.74, 6) is 0.722. The van der Waals surface area contributed by atoms with E-state index in [2.05, 4.69) is 30.9 Å². The summed E-state index contributed by atoms with van der Waals surface area (Å²) in [4.78, 5) is 24.1. The van der Waals surface area contributed by atoms with E-state index in [-0.39, 0.29) is 11.7 Å². The molecule has 6 nitrogen and oxygen atoms in total. The van der Waals surface area contributed by atoms with Crippen LogP contribution in [-0.2, 0) is 4.79 Å². The number of hydrogen-bond acceptors (Lipinski definition) is 6. The van der Waals surface area contributed by atoms with Crippen LogP contribution in [0.25, 0.3) is 21.3 Å². The van der Waals surface area contributed by atoms with Crippen LogP contribution in [0.5, 0.6) is 0 Å². The molecule has 1 saturated heterocycles. The van der Waals surface area contributed by atoms with E-state index in [1.807, 2.05) is 0 Å². The molecule has 1 aliphatic heterocycles. The molecule has 8 heteroatoms. The summed E-state index contributed by atoms with van der Waals surface area (Å²) < 4.78 is 13.3. The molecule has 156 valence electrons. The maximum Gasteiger partial charge on any atom is 0.234 e. The van der Waals surface area contributed by atoms with E-state index >= 15 is 0 Å². The highest BCUT2D eigenvalue weighted by Crippen LogP contribution is 2.37. The molecule has 2 fully saturated rings. The third-order valence-corrected chi connectivity index (χ3v) is 6.65. The van der Waals surface area contributed by atoms with Gasteiger partial charge < -0.3 is 10.6 Å². The highest BCUT2D eigenvalue weighted by molar-refractivity contribution is 7.17. The van der Waals surface area contributed by atoms with Gasteiger partial charge >= 0.3 is 0 Å². The van der Waals surface area contributed by atoms with Crippen molar-refractivity contribution in [2.24, 2.45) is 0 Å². The minimum absolute atomic E-state index is 0.142. The fourth-order valence-electron chi connectivity index (χ4n) is 3.96. The number of anilines is 1. The molecule has 2 aromatic heterocycles. The molecule has 1 aliphatic carbocycles. The zero-order valence-electron chi connectivity index (χ0n) is 16.6. The van der Waals surface area contributed by atoms with Gasteiger partial charge in [0, 0.05) is 36.1 Å². The lowest BCUT2D eigenvalue weighted by Crippen LogP contribution is -2.44. The molecule has 1 amide bonds. The van der Waals surface area contributed by atoms with E-state index in [9.17, 15) is 9.18 Å². The number of halogens is 1. The van der Waals surface area contributed by atoms with Crippen molar-refractivity contribution in [3.05, 3.63) is 41.8 Å². The Labute approximate surface area is 178 Å². The molecule has 0 atom stereocenters. The summed E-state index contributed by atoms with van der Waals surface area (Å²) in [5, 5.41) is 9.70. The third-order valence-electron chi connectivity index (χ3n) is 5.76. The van der Waals surface area contributed by atoms with Crippen molar-refractivity contribution >= 4 is 33.3 Å². The summed E-state index contributed by atoms with van der Waals surface area (Å²) >= 11 is 1.57. The molecule has 0 radical (unpaired) electrons. The first-order chi connectivity index (χ1) is 14.7. The quantitative estimate of drug-likeness (QED) is 0.631. The molecule has 0 unspecified atom stereocenters. The predicted octanol–water partition coefficient (Wildman–Crippen LogP) is 3.65. The van der Waals surface area contributed by atoms with Crippen molar-refractivity contribution < 1.29 is 9.18 Å². The van der Waals surface area contributed by atoms with Gasteiger partial charge in [-0.2, -0.15) is 0 Å². The Balaban J connectivity index is 1.27. The summed E-state index contributed by atoms with van der Waals surface area (Å²) in [6.45, 7) is 2.26. The van der Waals surface area contributed by atoms with E-state index in [1.54, 1.807) is 29.8 Å². The van der Waals surface area contributed by atoms with Gasteiger partial charge in [-0.15, -0.1) is 11.3 Å². The number of rotatable bonds is 6. The number of nitrogens with zero attached hydrogens (tertiary/aromatic N) is 3. The van der Waals surface area contributed by atoms with Crippen molar-refractivity contribution in [2.75, 3.05) is 25.0 Å². The largest absolute Gasteiger partial charge is 0.367 e. The second-order valence-electron chi connectivity index (χ2n) is 8.10. The first-order valence-corrected chi connectivity index (χ1v) is 11.3. The third kappa shape index (κ3) is 4.29. The summed E-state index contributed by atoms with van der Waals surface area (Å²) in [7, 11) is 0. The number of piperidine rings is 1. The van der Waals surface area contributed by atoms with Gasteiger partial charge in [0.2, 0.25) is 5.91 Å². The van der Waals surface area contributed by atoms with Gasteiger partial charge in [0.1, 0.15) is 22.8 Å². The molecule has 2 aliphatic rings. The lowest BCUT2D eigenvalue weighted by atomic mass is 10.0. The molecule has 3 heterocycles. The number of carbonyl (C=O) groups is 1. The zero-order chi connectivity index (χ0) is 20.5. The van der Waals surface area contributed by atoms with Gasteiger partial charge in [0.25, 0.3) is 0 Å². The SMILES string of the molecule is O=C(CN1CCC(Nc2ncnc3scc(-c4ccc(F)cc4)c23)CC1)NC1CC1. The number of amides is 1. The van der Waals surface area contributed by atoms with Crippen molar-refractivity contribution in [1.82, 2.24) is 20.2 Å². The topological polar surface area (TPSA) is 70.2 Å². The van der Waals surface area contributed by atoms with E-state index in [1.165, 1.54) is 12.1 Å². The number of nitrogens with one attached hydrogen (secondary N) is 2. The van der Waals surface area contributed by atoms with Gasteiger partial charge in [0.05, 0.1) is 11.9 Å². The molecule has 0 bridgehead atoms. The molecule has 1 saturated carbocycles. The van der Waals surface area contributed by atoms with Crippen LogP contribution in [0.3, 0.4) is 0 Å². The Hall–Kier alpha value is -2.58. The number of aromatic nitrogens is 2. The maximum absolute atomic E-state index is 13.3. The molecular weight excluding hydrogens is 401 g/mol. The second kappa shape index (κ2) is 8.28. The highest BCUT2D eigenvalue weighted by Gasteiger charge is 2.26. The van der Waals surface area contributed by atoms with Crippen LogP contribution in [0.15, 0.2) is 36.0 Å². The molecule has 30 heavy (non-hydrogen) atoms. The Morgan fingerprint density at radius 2 is 1.87 bits per heavy atom. The van der Waals surface area contributed by atoms with Gasteiger partial charge in [-0.1, -0.05) is 12.1 Å². The average molecular weight is 426 g/mol. The first-order valence-electron chi connectivity index (χ1n) is 10.4. The maximum atomic E-state index is 13.3. The Bertz CT molecular complexity index is 1040. The number of benzene rings is 1. The molecular formula is C22H24FN5OS. The summed E-state index contributed by atoms with van der Waals surface area (Å²) in [6.07, 6.45) is 5.74. The van der Waals surface area contributed by atoms with Crippen LogP contribution in [-0.4, -0.2) is 52.5 Å². The minimum Gasteiger partial charge on any atom is -0.367 e. The molecule has 3 aromatic rings. The normalized spacial score (nSPS) is 17.9. The van der Waals surface area contributed by atoms with E-state index < -0.39 is 0 Å². The van der Waals surface area contributed by atoms with Crippen molar-refractivity contribution in [2.45, 2.75) is 37.8 Å². The van der Waals surface area contributed by atoms with Crippen LogP contribution in [0, 0.1) is 5.82 Å². The van der Waals surface area contributed by atoms with E-state index in [0.717, 1.165) is 65.9 Å². The zero-order valence-corrected chi connectivity index (χ0v) is 17.4. The number of hydrogen-bond donors (Lipinski definition) is 2. The van der Waals surface area contributed by atoms with Crippen LogP contribution >= 0.6 is 11.3 Å². The predicted molar refractivity (Wildman–Crippen MR) is 117 cm³/mol. The standard InChI is InChI=1S/C22H24FN5OS/c23-15-3-1-14(2-4-15)18-12-30-22-20(18)21(24-13-25-22)27-17-7-9-28(10-8-17)11-19(29)26-16-5-6-16/h1-4,12-13,16-17H,5-11H2,(H,26,29)(H,24,25,27). The Morgan fingerprint density at radius 3 is 2.60 bits per heavy atom. The van der Waals surface area contributed by atoms with Gasteiger partial charge in [-0.3, -0.25) is 9.69 Å². The number of carbonyl (C=O) groups excluding carboxylic acids is 1. The highest BCUT2D eigenvalue weighted by atomic mass is 32.1. The van der Waals surface area contributed by atoms with Gasteiger partial charge in [0.15, 0.2) is 0 Å². The van der Waals surface area contributed by atoms with Crippen molar-refractivity contribution in [3.8, 4) is 11.1 Å². The van der Waals surface area contributed by atoms with Crippen LogP contribution in [0.4, 0.5) is 10.2 Å². The fourth-order valence-corrected chi connectivity index (χ4v) is 4.88. The monoisotopic (exact) mass is 425 g/mol. The van der Waals surface area contributed by atoms with Gasteiger partial charge in [-0.25, -0.2) is 14.4 Å². The summed E-state index contributed by atoms with van der Waals surface area (Å²) in [5.41, 5.74) is 1.98. The molecule has 1 aromatic carbocycles. The van der Waals surface area contributed by atoms with E-state index in [0.29, 0.717) is 18.6 Å². The van der Waals surface area contributed by atoms with Crippen LogP contribution < -0.4 is 10.6 Å². The summed E-state index contributed by atoms with van der Waals surface area (Å²) in [6, 6.07) is 7.25. The average Bonchev–Trinajstić information content (AvgIpc) is 3.45. The van der Waals surface area contributed by atoms with E-state index in [4.69, 9.17) is 0 Å². The van der Waals surface area contributed by atoms with Crippen LogP contribution in [0.2, 0.25) is 0 Å². The number of fused-ring (bicyclic) bond motifs is 1. The van der Waals surface area contributed by atoms with Crippen molar-refractivity contribution in [1.29, 1.82) is 0 Å². The fraction of sp³-hybridized carbons (Fsp3) is 0.409. The van der Waals surface area contributed by atoms with Crippen LogP contribution in [0.1, 0.15) is 25.7 Å². The molecule has 2 N–H and O–H groups in total. The lowest BCUT2D eigenvalue weighted by Gasteiger charge is -2.32. The second-order valence-corrected chi connectivity index (χ2v) is 8.95. The van der Waals surface area contributed by atoms with Gasteiger partial charge in [-0.05, 0) is 43.4 Å². The number of likely N-dealkylation sites (tertiary alicyclic amines) is 1. The molecule has 0 spiro atoms. The minimum atomic E-state index is -0.245. The lowest BCUT2D eigenvalue weighted by molar-refractivity contribution is -0.122. The molecule has 5 rings (SSSR count). The Morgan fingerprint density at radius 1 is 1.10 bits per heavy atom. The first kappa shape index (κ1) is 19.4. The number of thiophene rings is 1. The Kier molecular flexibility index (Phi) is 5.35. The van der Waals surface area contributed by atoms with Crippen molar-refractivity contribution in [3.63, 3.8) is 0 Å². The smallest absolute Gasteiger partial charge is 0.234 e.